The van der Waals surface area contributed by atoms with Crippen LogP contribution >= 0.6 is 11.6 Å². The Hall–Kier alpha value is -1.33. The summed E-state index contributed by atoms with van der Waals surface area (Å²) in [6.45, 7) is 4.00. The molecule has 2 N–H and O–H groups in total. The minimum absolute atomic E-state index is 0.0824. The van der Waals surface area contributed by atoms with Crippen LogP contribution in [-0.2, 0) is 0 Å². The molecule has 6 heteroatoms. The molecule has 0 amide bonds. The van der Waals surface area contributed by atoms with E-state index in [4.69, 9.17) is 11.6 Å². The van der Waals surface area contributed by atoms with Gasteiger partial charge in [0.25, 0.3) is 0 Å². The number of nitro groups is 1. The van der Waals surface area contributed by atoms with Crippen LogP contribution in [0.2, 0.25) is 5.02 Å². The molecule has 0 aliphatic heterocycles. The van der Waals surface area contributed by atoms with Crippen molar-refractivity contribution in [1.29, 1.82) is 0 Å². The normalized spacial score (nSPS) is 12.5. The molecule has 0 heterocycles. The number of aliphatic hydroxyl groups is 1. The number of para-hydroxylation sites is 1. The summed E-state index contributed by atoms with van der Waals surface area (Å²) in [6.07, 6.45) is -0.561. The highest BCUT2D eigenvalue weighted by molar-refractivity contribution is 6.33. The maximum absolute atomic E-state index is 10.8. The molecule has 0 saturated carbocycles. The molecule has 0 aliphatic carbocycles. The summed E-state index contributed by atoms with van der Waals surface area (Å²) in [4.78, 5) is 10.3. The summed E-state index contributed by atoms with van der Waals surface area (Å²) < 4.78 is 0. The molecule has 1 aromatic rings. The van der Waals surface area contributed by atoms with Gasteiger partial charge in [-0.1, -0.05) is 31.5 Å². The van der Waals surface area contributed by atoms with Crippen molar-refractivity contribution in [1.82, 2.24) is 0 Å². The van der Waals surface area contributed by atoms with Crippen molar-refractivity contribution in [3.05, 3.63) is 33.3 Å². The molecular weight excluding hydrogens is 244 g/mol. The first-order chi connectivity index (χ1) is 7.93. The fraction of sp³-hybridized carbons (Fsp3) is 0.455. The van der Waals surface area contributed by atoms with Gasteiger partial charge in [-0.05, 0) is 18.1 Å². The number of hydrogen-bond donors (Lipinski definition) is 2. The van der Waals surface area contributed by atoms with Gasteiger partial charge in [-0.2, -0.15) is 0 Å². The van der Waals surface area contributed by atoms with Crippen molar-refractivity contribution >= 4 is 23.0 Å². The van der Waals surface area contributed by atoms with Crippen molar-refractivity contribution in [2.24, 2.45) is 5.92 Å². The van der Waals surface area contributed by atoms with Gasteiger partial charge in [0.05, 0.1) is 11.0 Å². The highest BCUT2D eigenvalue weighted by Crippen LogP contribution is 2.32. The first-order valence-corrected chi connectivity index (χ1v) is 5.66. The third kappa shape index (κ3) is 3.57. The number of nitro benzene ring substituents is 1. The molecule has 1 aromatic carbocycles. The molecule has 94 valence electrons. The number of aliphatic hydroxyl groups excluding tert-OH is 1. The Labute approximate surface area is 105 Å². The van der Waals surface area contributed by atoms with Crippen LogP contribution in [0.1, 0.15) is 13.8 Å². The van der Waals surface area contributed by atoms with Crippen molar-refractivity contribution in [2.45, 2.75) is 20.0 Å². The second kappa shape index (κ2) is 5.84. The largest absolute Gasteiger partial charge is 0.391 e. The zero-order chi connectivity index (χ0) is 13.0. The second-order valence-corrected chi connectivity index (χ2v) is 4.49. The first kappa shape index (κ1) is 13.7. The van der Waals surface area contributed by atoms with E-state index in [0.717, 1.165) is 0 Å². The van der Waals surface area contributed by atoms with Gasteiger partial charge in [-0.3, -0.25) is 10.1 Å². The maximum atomic E-state index is 10.8. The van der Waals surface area contributed by atoms with Gasteiger partial charge < -0.3 is 10.4 Å². The van der Waals surface area contributed by atoms with Gasteiger partial charge >= 0.3 is 5.69 Å². The second-order valence-electron chi connectivity index (χ2n) is 4.09. The summed E-state index contributed by atoms with van der Waals surface area (Å²) in [5.74, 6) is 0.0840. The average Bonchev–Trinajstić information content (AvgIpc) is 2.24. The number of hydrogen-bond acceptors (Lipinski definition) is 4. The van der Waals surface area contributed by atoms with E-state index in [-0.39, 0.29) is 23.2 Å². The Bertz CT molecular complexity index is 410. The molecule has 1 atom stereocenters. The summed E-state index contributed by atoms with van der Waals surface area (Å²) >= 11 is 5.76. The number of anilines is 1. The standard InChI is InChI=1S/C11H15ClN2O3/c1-7(2)10(15)6-13-9-5-3-4-8(12)11(9)14(16)17/h3-5,7,10,13,15H,6H2,1-2H3. The van der Waals surface area contributed by atoms with Crippen LogP contribution in [0.15, 0.2) is 18.2 Å². The van der Waals surface area contributed by atoms with Crippen molar-refractivity contribution in [3.63, 3.8) is 0 Å². The van der Waals surface area contributed by atoms with Crippen LogP contribution in [0.5, 0.6) is 0 Å². The first-order valence-electron chi connectivity index (χ1n) is 5.28. The minimum atomic E-state index is -0.561. The fourth-order valence-corrected chi connectivity index (χ4v) is 1.54. The molecule has 0 radical (unpaired) electrons. The topological polar surface area (TPSA) is 75.4 Å². The zero-order valence-electron chi connectivity index (χ0n) is 9.68. The summed E-state index contributed by atoms with van der Waals surface area (Å²) in [5.41, 5.74) is 0.160. The SMILES string of the molecule is CC(C)C(O)CNc1cccc(Cl)c1[N+](=O)[O-]. The van der Waals surface area contributed by atoms with Crippen molar-refractivity contribution in [3.8, 4) is 0 Å². The Morgan fingerprint density at radius 2 is 2.18 bits per heavy atom. The van der Waals surface area contributed by atoms with E-state index in [2.05, 4.69) is 5.32 Å². The minimum Gasteiger partial charge on any atom is -0.391 e. The number of halogens is 1. The number of benzene rings is 1. The zero-order valence-corrected chi connectivity index (χ0v) is 10.4. The molecule has 5 nitrogen and oxygen atoms in total. The Kier molecular flexibility index (Phi) is 4.72. The van der Waals surface area contributed by atoms with Crippen molar-refractivity contribution < 1.29 is 10.0 Å². The van der Waals surface area contributed by atoms with E-state index in [1.54, 1.807) is 12.1 Å². The predicted octanol–water partition coefficient (Wildman–Crippen LogP) is 2.68. The number of nitrogens with zero attached hydrogens (tertiary/aromatic N) is 1. The Morgan fingerprint density at radius 1 is 1.53 bits per heavy atom. The van der Waals surface area contributed by atoms with Gasteiger partial charge in [0.2, 0.25) is 0 Å². The van der Waals surface area contributed by atoms with Crippen LogP contribution in [0, 0.1) is 16.0 Å². The monoisotopic (exact) mass is 258 g/mol. The third-order valence-electron chi connectivity index (χ3n) is 2.44. The van der Waals surface area contributed by atoms with Gasteiger partial charge in [0.15, 0.2) is 0 Å². The summed E-state index contributed by atoms with van der Waals surface area (Å²) in [7, 11) is 0. The van der Waals surface area contributed by atoms with Crippen molar-refractivity contribution in [2.75, 3.05) is 11.9 Å². The summed E-state index contributed by atoms with van der Waals surface area (Å²) in [5, 5.41) is 23.4. The van der Waals surface area contributed by atoms with E-state index in [9.17, 15) is 15.2 Å². The third-order valence-corrected chi connectivity index (χ3v) is 2.75. The van der Waals surface area contributed by atoms with Crippen LogP contribution in [0.3, 0.4) is 0 Å². The molecule has 1 unspecified atom stereocenters. The van der Waals surface area contributed by atoms with Gasteiger partial charge in [-0.25, -0.2) is 0 Å². The molecule has 0 fully saturated rings. The highest BCUT2D eigenvalue weighted by Gasteiger charge is 2.19. The average molecular weight is 259 g/mol. The van der Waals surface area contributed by atoms with Crippen LogP contribution < -0.4 is 5.32 Å². The van der Waals surface area contributed by atoms with E-state index in [1.165, 1.54) is 6.07 Å². The number of rotatable bonds is 5. The molecule has 0 bridgehead atoms. The molecule has 17 heavy (non-hydrogen) atoms. The molecule has 0 aliphatic rings. The lowest BCUT2D eigenvalue weighted by Gasteiger charge is -2.16. The molecule has 0 aromatic heterocycles. The Morgan fingerprint density at radius 3 is 2.71 bits per heavy atom. The van der Waals surface area contributed by atoms with E-state index >= 15 is 0 Å². The Balaban J connectivity index is 2.84. The lowest BCUT2D eigenvalue weighted by molar-refractivity contribution is -0.383. The lowest BCUT2D eigenvalue weighted by atomic mass is 10.1. The van der Waals surface area contributed by atoms with E-state index in [1.807, 2.05) is 13.8 Å². The smallest absolute Gasteiger partial charge is 0.310 e. The predicted molar refractivity (Wildman–Crippen MR) is 67.4 cm³/mol. The molecule has 0 saturated heterocycles. The molecule has 1 rings (SSSR count). The quantitative estimate of drug-likeness (QED) is 0.629. The number of nitrogens with one attached hydrogen (secondary N) is 1. The van der Waals surface area contributed by atoms with Crippen LogP contribution in [0.25, 0.3) is 0 Å². The fourth-order valence-electron chi connectivity index (χ4n) is 1.29. The maximum Gasteiger partial charge on any atom is 0.310 e. The highest BCUT2D eigenvalue weighted by atomic mass is 35.5. The van der Waals surface area contributed by atoms with Gasteiger partial charge in [0, 0.05) is 6.54 Å². The van der Waals surface area contributed by atoms with Crippen LogP contribution in [-0.4, -0.2) is 22.7 Å². The van der Waals surface area contributed by atoms with E-state index < -0.39 is 11.0 Å². The van der Waals surface area contributed by atoms with Gasteiger partial charge in [0.1, 0.15) is 10.7 Å². The van der Waals surface area contributed by atoms with E-state index in [0.29, 0.717) is 5.69 Å². The van der Waals surface area contributed by atoms with Crippen LogP contribution in [0.4, 0.5) is 11.4 Å². The molecule has 0 spiro atoms. The summed E-state index contributed by atoms with van der Waals surface area (Å²) in [6, 6.07) is 4.65. The molecular formula is C11H15ClN2O3. The lowest BCUT2D eigenvalue weighted by Crippen LogP contribution is -2.25. The van der Waals surface area contributed by atoms with Gasteiger partial charge in [-0.15, -0.1) is 0 Å².